The Balaban J connectivity index is 2.66. The maximum absolute atomic E-state index is 12.3. The molecule has 0 radical (unpaired) electrons. The first kappa shape index (κ1) is 15.0. The zero-order chi connectivity index (χ0) is 13.3. The summed E-state index contributed by atoms with van der Waals surface area (Å²) in [7, 11) is 2.07. The van der Waals surface area contributed by atoms with Gasteiger partial charge in [-0.2, -0.15) is 11.8 Å². The minimum absolute atomic E-state index is 0.0237. The Hall–Kier alpha value is -0.0600. The Kier molecular flexibility index (Phi) is 4.67. The van der Waals surface area contributed by atoms with Crippen LogP contribution >= 0.6 is 11.8 Å². The van der Waals surface area contributed by atoms with E-state index < -0.39 is 5.60 Å². The van der Waals surface area contributed by atoms with Gasteiger partial charge in [0.15, 0.2) is 5.78 Å². The number of nitrogens with zero attached hydrogens (tertiary/aromatic N) is 1. The van der Waals surface area contributed by atoms with Crippen molar-refractivity contribution in [1.29, 1.82) is 0 Å². The summed E-state index contributed by atoms with van der Waals surface area (Å²) in [4.78, 5) is 14.5. The van der Waals surface area contributed by atoms with Gasteiger partial charge in [0.2, 0.25) is 0 Å². The van der Waals surface area contributed by atoms with Crippen molar-refractivity contribution >= 4 is 17.5 Å². The Morgan fingerprint density at radius 2 is 1.94 bits per heavy atom. The molecule has 0 aliphatic carbocycles. The molecule has 100 valence electrons. The molecule has 1 rings (SSSR count). The highest BCUT2D eigenvalue weighted by atomic mass is 32.2. The number of ether oxygens (including phenoxy) is 1. The number of Topliss-reactive ketones (excluding diaryl/α,β-unsaturated/α-hetero) is 1. The molecular weight excluding hydrogens is 234 g/mol. The van der Waals surface area contributed by atoms with Gasteiger partial charge in [-0.25, -0.2) is 0 Å². The van der Waals surface area contributed by atoms with Crippen LogP contribution in [0.4, 0.5) is 0 Å². The molecule has 0 N–H and O–H groups in total. The third kappa shape index (κ3) is 3.46. The number of hydrogen-bond acceptors (Lipinski definition) is 4. The minimum atomic E-state index is -0.630. The van der Waals surface area contributed by atoms with Crippen LogP contribution in [0, 0.1) is 5.92 Å². The van der Waals surface area contributed by atoms with Crippen LogP contribution < -0.4 is 0 Å². The lowest BCUT2D eigenvalue weighted by Crippen LogP contribution is -2.40. The van der Waals surface area contributed by atoms with Crippen LogP contribution in [0.3, 0.4) is 0 Å². The van der Waals surface area contributed by atoms with Crippen LogP contribution in [-0.4, -0.2) is 54.0 Å². The Morgan fingerprint density at radius 3 is 2.35 bits per heavy atom. The van der Waals surface area contributed by atoms with E-state index in [1.807, 2.05) is 39.5 Å². The van der Waals surface area contributed by atoms with Crippen LogP contribution in [0.1, 0.15) is 27.7 Å². The van der Waals surface area contributed by atoms with Gasteiger partial charge in [0.1, 0.15) is 5.60 Å². The fourth-order valence-corrected chi connectivity index (χ4v) is 2.96. The van der Waals surface area contributed by atoms with E-state index in [1.54, 1.807) is 0 Å². The number of carbonyl (C=O) groups is 1. The summed E-state index contributed by atoms with van der Waals surface area (Å²) in [6, 6.07) is 0. The van der Waals surface area contributed by atoms with Crippen LogP contribution in [0.25, 0.3) is 0 Å². The van der Waals surface area contributed by atoms with E-state index in [-0.39, 0.29) is 17.3 Å². The van der Waals surface area contributed by atoms with Gasteiger partial charge >= 0.3 is 0 Å². The molecule has 0 aromatic rings. The van der Waals surface area contributed by atoms with E-state index in [0.717, 1.165) is 18.8 Å². The maximum Gasteiger partial charge on any atom is 0.171 e. The largest absolute Gasteiger partial charge is 0.361 e. The molecule has 17 heavy (non-hydrogen) atoms. The van der Waals surface area contributed by atoms with Gasteiger partial charge in [0.05, 0.1) is 11.5 Å². The van der Waals surface area contributed by atoms with Gasteiger partial charge in [-0.1, -0.05) is 0 Å². The summed E-state index contributed by atoms with van der Waals surface area (Å²) >= 11 is 1.83. The minimum Gasteiger partial charge on any atom is -0.361 e. The van der Waals surface area contributed by atoms with Gasteiger partial charge in [-0.05, 0) is 41.0 Å². The Morgan fingerprint density at radius 1 is 1.35 bits per heavy atom. The highest BCUT2D eigenvalue weighted by Gasteiger charge is 2.53. The SMILES string of the molecule is CSCCN(C)CC1C(=O)C(C)(C)OC1(C)C. The molecule has 3 nitrogen and oxygen atoms in total. The molecule has 1 fully saturated rings. The molecule has 1 aliphatic heterocycles. The highest BCUT2D eigenvalue weighted by molar-refractivity contribution is 7.98. The average molecular weight is 259 g/mol. The second-order valence-corrected chi connectivity index (χ2v) is 6.87. The molecule has 1 aliphatic rings. The molecule has 0 aromatic carbocycles. The fraction of sp³-hybridized carbons (Fsp3) is 0.923. The third-order valence-electron chi connectivity index (χ3n) is 3.44. The van der Waals surface area contributed by atoms with Crippen molar-refractivity contribution in [3.63, 3.8) is 0 Å². The lowest BCUT2D eigenvalue weighted by atomic mass is 9.86. The number of ketones is 1. The first-order valence-electron chi connectivity index (χ1n) is 6.12. The van der Waals surface area contributed by atoms with Crippen LogP contribution in [0.2, 0.25) is 0 Å². The van der Waals surface area contributed by atoms with Crippen molar-refractivity contribution in [2.75, 3.05) is 32.1 Å². The van der Waals surface area contributed by atoms with E-state index in [4.69, 9.17) is 4.74 Å². The van der Waals surface area contributed by atoms with E-state index >= 15 is 0 Å². The van der Waals surface area contributed by atoms with Gasteiger partial charge in [0.25, 0.3) is 0 Å². The van der Waals surface area contributed by atoms with Gasteiger partial charge in [0, 0.05) is 18.8 Å². The molecule has 4 heteroatoms. The van der Waals surface area contributed by atoms with Gasteiger partial charge in [-0.3, -0.25) is 4.79 Å². The van der Waals surface area contributed by atoms with Crippen molar-refractivity contribution < 1.29 is 9.53 Å². The second kappa shape index (κ2) is 5.29. The molecular formula is C13H25NO2S. The summed E-state index contributed by atoms with van der Waals surface area (Å²) < 4.78 is 5.88. The zero-order valence-electron chi connectivity index (χ0n) is 11.9. The quantitative estimate of drug-likeness (QED) is 0.756. The van der Waals surface area contributed by atoms with E-state index in [0.29, 0.717) is 0 Å². The molecule has 1 unspecified atom stereocenters. The third-order valence-corrected chi connectivity index (χ3v) is 4.03. The molecule has 0 spiro atoms. The molecule has 1 atom stereocenters. The lowest BCUT2D eigenvalue weighted by molar-refractivity contribution is -0.132. The van der Waals surface area contributed by atoms with Crippen molar-refractivity contribution in [2.24, 2.45) is 5.92 Å². The topological polar surface area (TPSA) is 29.5 Å². The monoisotopic (exact) mass is 259 g/mol. The van der Waals surface area contributed by atoms with Crippen molar-refractivity contribution in [1.82, 2.24) is 4.90 Å². The zero-order valence-corrected chi connectivity index (χ0v) is 12.7. The van der Waals surface area contributed by atoms with Gasteiger partial charge < -0.3 is 9.64 Å². The summed E-state index contributed by atoms with van der Waals surface area (Å²) in [5.41, 5.74) is -0.983. The number of carbonyl (C=O) groups excluding carboxylic acids is 1. The summed E-state index contributed by atoms with van der Waals surface area (Å²) in [5, 5.41) is 0. The van der Waals surface area contributed by atoms with Crippen LogP contribution in [0.15, 0.2) is 0 Å². The number of thioether (sulfide) groups is 1. The molecule has 0 saturated carbocycles. The number of hydrogen-bond donors (Lipinski definition) is 0. The second-order valence-electron chi connectivity index (χ2n) is 5.89. The Labute approximate surface area is 109 Å². The highest BCUT2D eigenvalue weighted by Crippen LogP contribution is 2.39. The first-order chi connectivity index (χ1) is 7.70. The molecule has 0 amide bonds. The summed E-state index contributed by atoms with van der Waals surface area (Å²) in [6.45, 7) is 9.59. The molecule has 1 heterocycles. The van der Waals surface area contributed by atoms with Crippen molar-refractivity contribution in [2.45, 2.75) is 38.9 Å². The van der Waals surface area contributed by atoms with Gasteiger partial charge in [-0.15, -0.1) is 0 Å². The molecule has 0 bridgehead atoms. The normalized spacial score (nSPS) is 26.8. The van der Waals surface area contributed by atoms with Crippen LogP contribution in [-0.2, 0) is 9.53 Å². The maximum atomic E-state index is 12.3. The smallest absolute Gasteiger partial charge is 0.171 e. The molecule has 1 saturated heterocycles. The van der Waals surface area contributed by atoms with E-state index in [2.05, 4.69) is 18.2 Å². The standard InChI is InChI=1S/C13H25NO2S/c1-12(2)10(9-14(5)7-8-17-6)11(15)13(3,4)16-12/h10H,7-9H2,1-6H3. The van der Waals surface area contributed by atoms with Crippen molar-refractivity contribution in [3.8, 4) is 0 Å². The predicted octanol–water partition coefficient (Wildman–Crippen LogP) is 2.05. The summed E-state index contributed by atoms with van der Waals surface area (Å²) in [5.74, 6) is 1.31. The molecule has 0 aromatic heterocycles. The predicted molar refractivity (Wildman–Crippen MR) is 73.6 cm³/mol. The fourth-order valence-electron chi connectivity index (χ4n) is 2.47. The van der Waals surface area contributed by atoms with Crippen LogP contribution in [0.5, 0.6) is 0 Å². The van der Waals surface area contributed by atoms with E-state index in [1.165, 1.54) is 0 Å². The van der Waals surface area contributed by atoms with E-state index in [9.17, 15) is 4.79 Å². The lowest BCUT2D eigenvalue weighted by Gasteiger charge is -2.28. The first-order valence-corrected chi connectivity index (χ1v) is 7.52. The number of rotatable bonds is 5. The Bertz CT molecular complexity index is 289. The van der Waals surface area contributed by atoms with Crippen molar-refractivity contribution in [3.05, 3.63) is 0 Å². The summed E-state index contributed by atoms with van der Waals surface area (Å²) in [6.07, 6.45) is 2.10. The average Bonchev–Trinajstić information content (AvgIpc) is 2.33.